The summed E-state index contributed by atoms with van der Waals surface area (Å²) in [6.07, 6.45) is 8.19. The fourth-order valence-electron chi connectivity index (χ4n) is 6.94. The van der Waals surface area contributed by atoms with Crippen LogP contribution in [0.3, 0.4) is 0 Å². The lowest BCUT2D eigenvalue weighted by Gasteiger charge is -2.45. The topological polar surface area (TPSA) is 49.7 Å². The standard InChI is InChI=1S/C32H34ClN5/c1-6-20-8-7-9-22-25-16-31(4,33)29-24(12-14-34-29)32(25,5)30-23-18-37(15-13-26(23)36-38(30)28(20)22)27-11-10-21(17-35-27)19(2)3/h7-12,14,16-17,19,34H,6,13,15,18H2,1-5H3. The van der Waals surface area contributed by atoms with Gasteiger partial charge in [-0.3, -0.25) is 0 Å². The van der Waals surface area contributed by atoms with E-state index >= 15 is 0 Å². The Morgan fingerprint density at radius 1 is 1.13 bits per heavy atom. The third kappa shape index (κ3) is 3.11. The van der Waals surface area contributed by atoms with Gasteiger partial charge in [0.15, 0.2) is 0 Å². The number of alkyl halides is 1. The molecule has 1 N–H and O–H groups in total. The highest BCUT2D eigenvalue weighted by Gasteiger charge is 2.51. The minimum absolute atomic E-state index is 0.373. The van der Waals surface area contributed by atoms with E-state index in [1.165, 1.54) is 50.5 Å². The Bertz CT molecular complexity index is 1600. The smallest absolute Gasteiger partial charge is 0.128 e. The van der Waals surface area contributed by atoms with Crippen molar-refractivity contribution in [2.45, 2.75) is 70.2 Å². The summed E-state index contributed by atoms with van der Waals surface area (Å²) in [5, 5.41) is 5.34. The number of pyridine rings is 1. The molecule has 2 aliphatic heterocycles. The van der Waals surface area contributed by atoms with E-state index in [1.54, 1.807) is 0 Å². The van der Waals surface area contributed by atoms with Gasteiger partial charge in [-0.1, -0.05) is 51.1 Å². The molecule has 194 valence electrons. The first-order chi connectivity index (χ1) is 18.2. The van der Waals surface area contributed by atoms with E-state index in [9.17, 15) is 0 Å². The number of para-hydroxylation sites is 1. The van der Waals surface area contributed by atoms with Crippen LogP contribution in [-0.2, 0) is 29.7 Å². The van der Waals surface area contributed by atoms with Gasteiger partial charge in [0, 0.05) is 48.7 Å². The Kier molecular flexibility index (Phi) is 5.07. The third-order valence-electron chi connectivity index (χ3n) is 9.00. The van der Waals surface area contributed by atoms with E-state index < -0.39 is 4.87 Å². The van der Waals surface area contributed by atoms with Crippen LogP contribution in [-0.4, -0.2) is 26.3 Å². The quantitative estimate of drug-likeness (QED) is 0.294. The molecule has 3 aromatic heterocycles. The van der Waals surface area contributed by atoms with Crippen LogP contribution in [0.1, 0.15) is 85.4 Å². The molecule has 5 nitrogen and oxygen atoms in total. The van der Waals surface area contributed by atoms with E-state index in [0.717, 1.165) is 37.4 Å². The molecule has 7 rings (SSSR count). The number of hydrogen-bond donors (Lipinski definition) is 1. The van der Waals surface area contributed by atoms with Crippen LogP contribution in [0.4, 0.5) is 5.82 Å². The second-order valence-corrected chi connectivity index (χ2v) is 12.4. The monoisotopic (exact) mass is 523 g/mol. The summed E-state index contributed by atoms with van der Waals surface area (Å²) in [5.41, 5.74) is 12.0. The maximum Gasteiger partial charge on any atom is 0.128 e. The van der Waals surface area contributed by atoms with Crippen LogP contribution in [0.5, 0.6) is 0 Å². The van der Waals surface area contributed by atoms with Gasteiger partial charge >= 0.3 is 0 Å². The summed E-state index contributed by atoms with van der Waals surface area (Å²) >= 11 is 7.20. The summed E-state index contributed by atoms with van der Waals surface area (Å²) in [7, 11) is 0. The molecule has 2 unspecified atom stereocenters. The van der Waals surface area contributed by atoms with E-state index in [-0.39, 0.29) is 5.41 Å². The van der Waals surface area contributed by atoms with Crippen molar-refractivity contribution in [2.24, 2.45) is 0 Å². The number of halogens is 1. The van der Waals surface area contributed by atoms with Crippen molar-refractivity contribution in [1.82, 2.24) is 19.7 Å². The number of aryl methyl sites for hydroxylation is 1. The Morgan fingerprint density at radius 2 is 1.97 bits per heavy atom. The number of anilines is 1. The van der Waals surface area contributed by atoms with Crippen molar-refractivity contribution in [3.8, 4) is 5.69 Å². The highest BCUT2D eigenvalue weighted by molar-refractivity contribution is 6.26. The first kappa shape index (κ1) is 23.8. The molecule has 4 aromatic rings. The molecule has 2 atom stereocenters. The number of hydrogen-bond acceptors (Lipinski definition) is 3. The van der Waals surface area contributed by atoms with Gasteiger partial charge in [-0.15, -0.1) is 11.6 Å². The molecule has 0 spiro atoms. The Morgan fingerprint density at radius 3 is 2.71 bits per heavy atom. The minimum atomic E-state index is -0.608. The summed E-state index contributed by atoms with van der Waals surface area (Å²) in [5.74, 6) is 1.50. The van der Waals surface area contributed by atoms with Crippen LogP contribution < -0.4 is 4.90 Å². The van der Waals surface area contributed by atoms with Crippen LogP contribution in [0, 0.1) is 0 Å². The third-order valence-corrected chi connectivity index (χ3v) is 9.30. The van der Waals surface area contributed by atoms with Gasteiger partial charge in [0.2, 0.25) is 0 Å². The average molecular weight is 524 g/mol. The number of benzene rings is 1. The number of fused-ring (bicyclic) bond motifs is 10. The Labute approximate surface area is 229 Å². The summed E-state index contributed by atoms with van der Waals surface area (Å²) < 4.78 is 2.28. The van der Waals surface area contributed by atoms with Crippen molar-refractivity contribution in [1.29, 1.82) is 0 Å². The van der Waals surface area contributed by atoms with E-state index in [0.29, 0.717) is 5.92 Å². The summed E-state index contributed by atoms with van der Waals surface area (Å²) in [6.45, 7) is 12.8. The SMILES string of the molecule is CCc1cccc2c1-n1nc3c(c1C1(C)C2=CC(C)(Cl)c2[nH]ccc21)CN(c1ccc(C(C)C)cn1)CC3. The summed E-state index contributed by atoms with van der Waals surface area (Å²) in [4.78, 5) is 10.1. The molecule has 6 heteroatoms. The number of allylic oxidation sites excluding steroid dienone is 2. The molecule has 38 heavy (non-hydrogen) atoms. The molecule has 5 heterocycles. The number of aromatic amines is 1. The lowest BCUT2D eigenvalue weighted by Crippen LogP contribution is -2.40. The highest BCUT2D eigenvalue weighted by Crippen LogP contribution is 2.58. The van der Waals surface area contributed by atoms with E-state index in [4.69, 9.17) is 21.7 Å². The fraction of sp³-hybridized carbons (Fsp3) is 0.375. The number of H-pyrrole nitrogens is 1. The molecule has 0 radical (unpaired) electrons. The zero-order valence-electron chi connectivity index (χ0n) is 22.8. The predicted octanol–water partition coefficient (Wildman–Crippen LogP) is 7.01. The first-order valence-corrected chi connectivity index (χ1v) is 14.2. The normalized spacial score (nSPS) is 23.3. The molecule has 3 aliphatic rings. The molecule has 0 saturated carbocycles. The van der Waals surface area contributed by atoms with Crippen LogP contribution in [0.15, 0.2) is 54.9 Å². The van der Waals surface area contributed by atoms with Gasteiger partial charge in [0.1, 0.15) is 10.7 Å². The van der Waals surface area contributed by atoms with Crippen molar-refractivity contribution in [3.05, 3.63) is 99.8 Å². The van der Waals surface area contributed by atoms with E-state index in [2.05, 4.69) is 91.7 Å². The van der Waals surface area contributed by atoms with Gasteiger partial charge < -0.3 is 9.88 Å². The number of rotatable bonds is 3. The lowest BCUT2D eigenvalue weighted by atomic mass is 9.63. The van der Waals surface area contributed by atoms with Crippen molar-refractivity contribution in [2.75, 3.05) is 11.4 Å². The van der Waals surface area contributed by atoms with Crippen molar-refractivity contribution in [3.63, 3.8) is 0 Å². The zero-order chi connectivity index (χ0) is 26.4. The maximum atomic E-state index is 7.20. The molecule has 0 amide bonds. The largest absolute Gasteiger partial charge is 0.363 e. The zero-order valence-corrected chi connectivity index (χ0v) is 23.5. The highest BCUT2D eigenvalue weighted by atomic mass is 35.5. The molecule has 1 aromatic carbocycles. The second kappa shape index (κ2) is 8.09. The second-order valence-electron chi connectivity index (χ2n) is 11.7. The summed E-state index contributed by atoms with van der Waals surface area (Å²) in [6, 6.07) is 13.3. The predicted molar refractivity (Wildman–Crippen MR) is 154 cm³/mol. The van der Waals surface area contributed by atoms with Gasteiger partial charge in [0.25, 0.3) is 0 Å². The minimum Gasteiger partial charge on any atom is -0.363 e. The van der Waals surface area contributed by atoms with Gasteiger partial charge in [-0.05, 0) is 60.6 Å². The molecule has 0 bridgehead atoms. The van der Waals surface area contributed by atoms with Crippen LogP contribution in [0.25, 0.3) is 11.3 Å². The van der Waals surface area contributed by atoms with Gasteiger partial charge in [-0.2, -0.15) is 5.10 Å². The van der Waals surface area contributed by atoms with E-state index in [1.807, 2.05) is 12.4 Å². The average Bonchev–Trinajstić information content (AvgIpc) is 3.57. The molecule has 0 fully saturated rings. The number of nitrogens with zero attached hydrogens (tertiary/aromatic N) is 4. The number of nitrogens with one attached hydrogen (secondary N) is 1. The van der Waals surface area contributed by atoms with Crippen LogP contribution in [0.2, 0.25) is 0 Å². The number of aromatic nitrogens is 4. The van der Waals surface area contributed by atoms with Crippen LogP contribution >= 0.6 is 11.6 Å². The molecule has 1 aliphatic carbocycles. The Hall–Kier alpha value is -3.31. The van der Waals surface area contributed by atoms with Gasteiger partial charge in [0.05, 0.1) is 22.5 Å². The molecule has 0 saturated heterocycles. The van der Waals surface area contributed by atoms with Crippen molar-refractivity contribution < 1.29 is 0 Å². The lowest BCUT2D eigenvalue weighted by molar-refractivity contribution is 0.598. The molecular weight excluding hydrogens is 490 g/mol. The fourth-order valence-corrected chi connectivity index (χ4v) is 7.21. The van der Waals surface area contributed by atoms with Crippen molar-refractivity contribution >= 4 is 23.0 Å². The van der Waals surface area contributed by atoms with Gasteiger partial charge in [-0.25, -0.2) is 9.67 Å². The Balaban J connectivity index is 1.46. The first-order valence-electron chi connectivity index (χ1n) is 13.8. The maximum absolute atomic E-state index is 7.20. The molecular formula is C32H34ClN5.